The number of aliphatic hydroxyl groups is 2. The van der Waals surface area contributed by atoms with E-state index in [2.05, 4.69) is 25.8 Å². The molecule has 1 aliphatic rings. The van der Waals surface area contributed by atoms with Gasteiger partial charge in [-0.3, -0.25) is 14.4 Å². The van der Waals surface area contributed by atoms with Gasteiger partial charge in [0.25, 0.3) is 11.8 Å². The number of amides is 3. The van der Waals surface area contributed by atoms with E-state index in [9.17, 15) is 29.0 Å². The summed E-state index contributed by atoms with van der Waals surface area (Å²) in [5, 5.41) is 33.8. The standard InChI is InChI=1S/C23H23BFN7O6S/c1-32(2)22(35)15-9-26-21(39-15)12-6-11(25)7-14(18(12)38-3)27-13-8-16(28-19(33)10-4-5-10)30-31-17(13)20(34)29-23(24,36)37/h6-10,36-37H,4-5H2,1-3H3,(H,29,34)(H2,27,28,30,33). The second-order valence-electron chi connectivity index (χ2n) is 8.82. The minimum atomic E-state index is -3.06. The van der Waals surface area contributed by atoms with Crippen molar-refractivity contribution < 1.29 is 33.7 Å². The molecule has 4 rings (SSSR count). The summed E-state index contributed by atoms with van der Waals surface area (Å²) < 4.78 is 20.3. The first kappa shape index (κ1) is 27.9. The van der Waals surface area contributed by atoms with E-state index in [1.54, 1.807) is 19.4 Å². The number of hydrogen-bond acceptors (Lipinski definition) is 11. The Bertz CT molecular complexity index is 1440. The maximum absolute atomic E-state index is 14.8. The van der Waals surface area contributed by atoms with Crippen LogP contribution < -0.4 is 20.7 Å². The van der Waals surface area contributed by atoms with Crippen LogP contribution in [0.2, 0.25) is 0 Å². The van der Waals surface area contributed by atoms with Crippen LogP contribution in [-0.2, 0) is 4.79 Å². The van der Waals surface area contributed by atoms with Gasteiger partial charge in [-0.05, 0) is 18.9 Å². The number of carbonyl (C=O) groups excluding carboxylic acids is 3. The van der Waals surface area contributed by atoms with Crippen molar-refractivity contribution in [3.63, 3.8) is 0 Å². The quantitative estimate of drug-likeness (QED) is 0.189. The molecule has 3 aromatic rings. The highest BCUT2D eigenvalue weighted by Crippen LogP contribution is 2.41. The molecule has 1 saturated carbocycles. The van der Waals surface area contributed by atoms with E-state index in [1.165, 1.54) is 30.3 Å². The zero-order valence-electron chi connectivity index (χ0n) is 21.0. The van der Waals surface area contributed by atoms with Crippen LogP contribution >= 0.6 is 11.3 Å². The van der Waals surface area contributed by atoms with Gasteiger partial charge in [-0.1, -0.05) is 0 Å². The van der Waals surface area contributed by atoms with Crippen molar-refractivity contribution in [3.05, 3.63) is 40.8 Å². The number of aromatic nitrogens is 3. The highest BCUT2D eigenvalue weighted by Gasteiger charge is 2.31. The summed E-state index contributed by atoms with van der Waals surface area (Å²) in [6.45, 7) is 0. The number of ether oxygens (including phenoxy) is 1. The van der Waals surface area contributed by atoms with E-state index >= 15 is 0 Å². The van der Waals surface area contributed by atoms with Gasteiger partial charge in [0.1, 0.15) is 15.7 Å². The van der Waals surface area contributed by atoms with Crippen LogP contribution in [0.25, 0.3) is 10.6 Å². The average molecular weight is 555 g/mol. The van der Waals surface area contributed by atoms with Crippen molar-refractivity contribution >= 4 is 54.1 Å². The molecule has 1 fully saturated rings. The van der Waals surface area contributed by atoms with E-state index in [4.69, 9.17) is 12.6 Å². The maximum Gasteiger partial charge on any atom is 0.277 e. The zero-order valence-corrected chi connectivity index (χ0v) is 21.8. The lowest BCUT2D eigenvalue weighted by Gasteiger charge is -2.20. The van der Waals surface area contributed by atoms with Crippen molar-refractivity contribution in [2.24, 2.45) is 5.92 Å². The predicted molar refractivity (Wildman–Crippen MR) is 139 cm³/mol. The molecule has 202 valence electrons. The molecule has 0 saturated heterocycles. The van der Waals surface area contributed by atoms with Gasteiger partial charge in [0.2, 0.25) is 5.91 Å². The summed E-state index contributed by atoms with van der Waals surface area (Å²) in [4.78, 5) is 43.2. The molecule has 1 aromatic carbocycles. The fourth-order valence-electron chi connectivity index (χ4n) is 3.44. The number of hydrogen-bond donors (Lipinski definition) is 5. The fourth-order valence-corrected chi connectivity index (χ4v) is 4.39. The van der Waals surface area contributed by atoms with Crippen molar-refractivity contribution in [2.45, 2.75) is 18.7 Å². The van der Waals surface area contributed by atoms with Crippen LogP contribution in [0.5, 0.6) is 5.75 Å². The lowest BCUT2D eigenvalue weighted by molar-refractivity contribution is -0.117. The molecule has 0 atom stereocenters. The van der Waals surface area contributed by atoms with Gasteiger partial charge >= 0.3 is 0 Å². The van der Waals surface area contributed by atoms with Crippen LogP contribution in [0.4, 0.5) is 21.6 Å². The molecule has 0 bridgehead atoms. The highest BCUT2D eigenvalue weighted by atomic mass is 32.1. The molecule has 1 aliphatic carbocycles. The molecule has 2 radical (unpaired) electrons. The van der Waals surface area contributed by atoms with Gasteiger partial charge in [-0.15, -0.1) is 21.5 Å². The number of methoxy groups -OCH3 is 1. The third-order valence-electron chi connectivity index (χ3n) is 5.39. The Labute approximate surface area is 226 Å². The maximum atomic E-state index is 14.8. The molecule has 2 aromatic heterocycles. The molecule has 2 heterocycles. The Morgan fingerprint density at radius 3 is 2.51 bits per heavy atom. The van der Waals surface area contributed by atoms with Gasteiger partial charge in [-0.25, -0.2) is 9.37 Å². The number of nitrogens with zero attached hydrogens (tertiary/aromatic N) is 4. The van der Waals surface area contributed by atoms with E-state index in [0.717, 1.165) is 30.2 Å². The number of halogens is 1. The largest absolute Gasteiger partial charge is 0.494 e. The first-order valence-electron chi connectivity index (χ1n) is 11.4. The van der Waals surface area contributed by atoms with Crippen molar-refractivity contribution in [1.29, 1.82) is 0 Å². The molecular weight excluding hydrogens is 532 g/mol. The lowest BCUT2D eigenvalue weighted by Crippen LogP contribution is -2.49. The van der Waals surface area contributed by atoms with Crippen LogP contribution in [-0.4, -0.2) is 82.9 Å². The fraction of sp³-hybridized carbons (Fsp3) is 0.304. The van der Waals surface area contributed by atoms with Gasteiger partial charge in [-0.2, -0.15) is 0 Å². The van der Waals surface area contributed by atoms with E-state index in [-0.39, 0.29) is 51.2 Å². The average Bonchev–Trinajstić information content (AvgIpc) is 3.59. The zero-order chi connectivity index (χ0) is 28.5. The van der Waals surface area contributed by atoms with Crippen LogP contribution in [0.1, 0.15) is 33.0 Å². The highest BCUT2D eigenvalue weighted by molar-refractivity contribution is 7.17. The molecule has 3 amide bonds. The Hall–Kier alpha value is -4.15. The summed E-state index contributed by atoms with van der Waals surface area (Å²) in [5.41, 5.74) is -0.324. The SMILES string of the molecule is [B]C(O)(O)NC(=O)c1nnc(NC(=O)C2CC2)cc1Nc1cc(F)cc(-c2ncc(C(=O)N(C)C)s2)c1OC. The molecule has 16 heteroatoms. The van der Waals surface area contributed by atoms with E-state index in [0.29, 0.717) is 4.88 Å². The summed E-state index contributed by atoms with van der Waals surface area (Å²) in [5.74, 6) is -5.52. The number of carbonyl (C=O) groups is 3. The van der Waals surface area contributed by atoms with Gasteiger partial charge < -0.3 is 35.8 Å². The Kier molecular flexibility index (Phi) is 7.80. The normalized spacial score (nSPS) is 13.0. The summed E-state index contributed by atoms with van der Waals surface area (Å²) in [6, 6.07) is 3.51. The van der Waals surface area contributed by atoms with Crippen LogP contribution in [0, 0.1) is 11.7 Å². The monoisotopic (exact) mass is 555 g/mol. The molecular formula is C23H23BFN7O6S. The topological polar surface area (TPSA) is 179 Å². The van der Waals surface area contributed by atoms with Gasteiger partial charge in [0.15, 0.2) is 30.9 Å². The number of anilines is 3. The second-order valence-corrected chi connectivity index (χ2v) is 9.85. The van der Waals surface area contributed by atoms with E-state index < -0.39 is 23.2 Å². The number of benzene rings is 1. The molecule has 0 aliphatic heterocycles. The minimum Gasteiger partial charge on any atom is -0.494 e. The molecule has 39 heavy (non-hydrogen) atoms. The minimum absolute atomic E-state index is 0.0136. The van der Waals surface area contributed by atoms with E-state index in [1.807, 2.05) is 0 Å². The molecule has 0 unspecified atom stereocenters. The Morgan fingerprint density at radius 2 is 1.90 bits per heavy atom. The van der Waals surface area contributed by atoms with Crippen molar-refractivity contribution in [1.82, 2.24) is 25.4 Å². The van der Waals surface area contributed by atoms with Gasteiger partial charge in [0, 0.05) is 32.1 Å². The van der Waals surface area contributed by atoms with Crippen molar-refractivity contribution in [2.75, 3.05) is 31.8 Å². The summed E-state index contributed by atoms with van der Waals surface area (Å²) in [6.07, 6.45) is 2.84. The predicted octanol–water partition coefficient (Wildman–Crippen LogP) is 1.04. The third kappa shape index (κ3) is 6.65. The number of thiazole rings is 1. The van der Waals surface area contributed by atoms with Gasteiger partial charge in [0.05, 0.1) is 30.2 Å². The van der Waals surface area contributed by atoms with Crippen LogP contribution in [0.3, 0.4) is 0 Å². The summed E-state index contributed by atoms with van der Waals surface area (Å²) >= 11 is 1.03. The smallest absolute Gasteiger partial charge is 0.277 e. The molecule has 13 nitrogen and oxygen atoms in total. The third-order valence-corrected chi connectivity index (χ3v) is 6.40. The van der Waals surface area contributed by atoms with Crippen molar-refractivity contribution in [3.8, 4) is 16.3 Å². The Balaban J connectivity index is 1.75. The lowest BCUT2D eigenvalue weighted by atomic mass is 10.0. The number of rotatable bonds is 9. The first-order chi connectivity index (χ1) is 18.4. The second kappa shape index (κ2) is 10.9. The number of nitrogens with one attached hydrogen (secondary N) is 3. The molecule has 0 spiro atoms. The first-order valence-corrected chi connectivity index (χ1v) is 12.2. The summed E-state index contributed by atoms with van der Waals surface area (Å²) in [7, 11) is 9.57. The Morgan fingerprint density at radius 1 is 1.18 bits per heavy atom. The molecule has 5 N–H and O–H groups in total. The van der Waals surface area contributed by atoms with Crippen LogP contribution in [0.15, 0.2) is 24.4 Å².